The highest BCUT2D eigenvalue weighted by molar-refractivity contribution is 7.87. The van der Waals surface area contributed by atoms with Crippen molar-refractivity contribution in [2.24, 2.45) is 0 Å². The predicted molar refractivity (Wildman–Crippen MR) is 113 cm³/mol. The van der Waals surface area contributed by atoms with Gasteiger partial charge in [0.05, 0.1) is 6.61 Å². The lowest BCUT2D eigenvalue weighted by Gasteiger charge is -2.37. The minimum atomic E-state index is -6.52. The summed E-state index contributed by atoms with van der Waals surface area (Å²) < 4.78 is 147. The number of carbonyl (C=O) groups excluding carboxylic acids is 2. The molecule has 1 unspecified atom stereocenters. The van der Waals surface area contributed by atoms with Gasteiger partial charge in [-0.15, -0.1) is 0 Å². The van der Waals surface area contributed by atoms with Crippen molar-refractivity contribution in [3.05, 3.63) is 12.4 Å². The molecule has 1 N–H and O–H groups in total. The topological polar surface area (TPSA) is 110 Å². The van der Waals surface area contributed by atoms with Gasteiger partial charge < -0.3 is 14.4 Å². The third kappa shape index (κ3) is 9.05. The van der Waals surface area contributed by atoms with E-state index in [0.717, 1.165) is 0 Å². The van der Waals surface area contributed by atoms with Crippen molar-refractivity contribution < 1.29 is 67.2 Å². The number of halogens is 8. The number of esters is 1. The Balaban J connectivity index is 5.96. The summed E-state index contributed by atoms with van der Waals surface area (Å²) in [6, 6.07) is 0. The van der Waals surface area contributed by atoms with Crippen LogP contribution in [0.1, 0.15) is 58.8 Å². The highest BCUT2D eigenvalue weighted by Gasteiger charge is 2.68. The monoisotopic (exact) mass is 579 g/mol. The first-order valence-corrected chi connectivity index (χ1v) is 12.5. The molecule has 218 valence electrons. The largest absolute Gasteiger partial charge is 0.466 e. The molecule has 37 heavy (non-hydrogen) atoms. The van der Waals surface area contributed by atoms with Gasteiger partial charge in [0.15, 0.2) is 0 Å². The second kappa shape index (κ2) is 13.7. The highest BCUT2D eigenvalue weighted by Crippen LogP contribution is 2.42. The minimum absolute atomic E-state index is 0.226. The fourth-order valence-corrected chi connectivity index (χ4v) is 3.28. The molecule has 8 nitrogen and oxygen atoms in total. The van der Waals surface area contributed by atoms with E-state index in [-0.39, 0.29) is 25.9 Å². The number of hydrogen-bond acceptors (Lipinski definition) is 6. The fraction of sp³-hybridized carbons (Fsp3) is 0.800. The van der Waals surface area contributed by atoms with Gasteiger partial charge in [0, 0.05) is 19.5 Å². The molecular weight excluding hydrogens is 550 g/mol. The van der Waals surface area contributed by atoms with E-state index in [2.05, 4.69) is 16.1 Å². The number of rotatable bonds is 17. The van der Waals surface area contributed by atoms with Crippen LogP contribution in [0.3, 0.4) is 0 Å². The van der Waals surface area contributed by atoms with Gasteiger partial charge in [-0.3, -0.25) is 9.35 Å². The Morgan fingerprint density at radius 2 is 1.41 bits per heavy atom. The molecular formula is C20H29F8NO7S. The number of ether oxygens (including phenoxy) is 2. The average Bonchev–Trinajstić information content (AvgIpc) is 2.75. The van der Waals surface area contributed by atoms with Gasteiger partial charge in [-0.2, -0.15) is 43.5 Å². The van der Waals surface area contributed by atoms with Crippen molar-refractivity contribution in [1.29, 1.82) is 0 Å². The zero-order valence-corrected chi connectivity index (χ0v) is 20.9. The van der Waals surface area contributed by atoms with Crippen LogP contribution in [0.25, 0.3) is 0 Å². The standard InChI is InChI=1S/C20H29F8NO7S/c1-4-6-11-29(12-7-5-2)16(31)18(19(24,25)26,36-15(30)14(3)21)35-13-9-8-10-17(22,23)20(27,28)37(32,33)34/h3-13H2,1-2H3,(H,32,33,34). The van der Waals surface area contributed by atoms with Crippen molar-refractivity contribution in [1.82, 2.24) is 4.90 Å². The predicted octanol–water partition coefficient (Wildman–Crippen LogP) is 5.00. The van der Waals surface area contributed by atoms with Crippen LogP contribution < -0.4 is 0 Å². The molecule has 0 aliphatic carbocycles. The van der Waals surface area contributed by atoms with Crippen LogP contribution >= 0.6 is 0 Å². The molecule has 0 spiro atoms. The van der Waals surface area contributed by atoms with Gasteiger partial charge in [0.25, 0.3) is 0 Å². The molecule has 0 aromatic rings. The number of amides is 1. The van der Waals surface area contributed by atoms with Gasteiger partial charge in [-0.05, 0) is 25.7 Å². The lowest BCUT2D eigenvalue weighted by atomic mass is 10.1. The van der Waals surface area contributed by atoms with E-state index in [4.69, 9.17) is 4.55 Å². The molecule has 0 fully saturated rings. The van der Waals surface area contributed by atoms with E-state index in [9.17, 15) is 53.1 Å². The van der Waals surface area contributed by atoms with E-state index in [1.807, 2.05) is 0 Å². The molecule has 1 amide bonds. The Hall–Kier alpha value is -2.01. The third-order valence-corrected chi connectivity index (χ3v) is 5.85. The average molecular weight is 580 g/mol. The number of carbonyl (C=O) groups is 2. The molecule has 0 rings (SSSR count). The van der Waals surface area contributed by atoms with E-state index in [1.165, 1.54) is 0 Å². The van der Waals surface area contributed by atoms with Crippen LogP contribution in [0.15, 0.2) is 12.4 Å². The van der Waals surface area contributed by atoms with E-state index >= 15 is 0 Å². The summed E-state index contributed by atoms with van der Waals surface area (Å²) in [5, 5.41) is -5.89. The van der Waals surface area contributed by atoms with Crippen LogP contribution in [0, 0.1) is 0 Å². The second-order valence-corrected chi connectivity index (χ2v) is 9.37. The van der Waals surface area contributed by atoms with Crippen molar-refractivity contribution in [2.45, 2.75) is 81.9 Å². The maximum atomic E-state index is 14.1. The number of hydrogen-bond donors (Lipinski definition) is 1. The molecule has 17 heteroatoms. The maximum Gasteiger partial charge on any atom is 0.466 e. The number of alkyl halides is 7. The summed E-state index contributed by atoms with van der Waals surface area (Å²) in [7, 11) is -6.52. The SMILES string of the molecule is C=C(F)C(=O)OC(OCCCCC(F)(F)C(F)(F)S(=O)(=O)O)(C(=O)N(CCCC)CCCC)C(F)(F)F. The second-order valence-electron chi connectivity index (χ2n) is 7.91. The summed E-state index contributed by atoms with van der Waals surface area (Å²) in [4.78, 5) is 25.3. The Morgan fingerprint density at radius 3 is 1.78 bits per heavy atom. The van der Waals surface area contributed by atoms with Crippen LogP contribution in [-0.2, 0) is 29.2 Å². The van der Waals surface area contributed by atoms with Gasteiger partial charge in [-0.25, -0.2) is 4.79 Å². The number of nitrogens with zero attached hydrogens (tertiary/aromatic N) is 1. The molecule has 1 atom stereocenters. The first kappa shape index (κ1) is 35.0. The normalized spacial score (nSPS) is 14.7. The van der Waals surface area contributed by atoms with Gasteiger partial charge in [-0.1, -0.05) is 33.3 Å². The lowest BCUT2D eigenvalue weighted by Crippen LogP contribution is -2.62. The summed E-state index contributed by atoms with van der Waals surface area (Å²) >= 11 is 0. The van der Waals surface area contributed by atoms with Crippen molar-refractivity contribution in [3.63, 3.8) is 0 Å². The van der Waals surface area contributed by atoms with Gasteiger partial charge in [0.2, 0.25) is 5.83 Å². The molecule has 0 radical (unpaired) electrons. The zero-order chi connectivity index (χ0) is 29.3. The summed E-state index contributed by atoms with van der Waals surface area (Å²) in [6.07, 6.45) is -8.38. The molecule has 0 aromatic heterocycles. The first-order valence-electron chi connectivity index (χ1n) is 11.0. The van der Waals surface area contributed by atoms with Crippen LogP contribution in [-0.4, -0.2) is 72.6 Å². The molecule has 0 aliphatic rings. The Bertz CT molecular complexity index is 888. The maximum absolute atomic E-state index is 14.1. The molecule has 0 saturated carbocycles. The van der Waals surface area contributed by atoms with Gasteiger partial charge in [0.1, 0.15) is 0 Å². The Kier molecular flexibility index (Phi) is 12.9. The van der Waals surface area contributed by atoms with Crippen LogP contribution in [0.4, 0.5) is 35.1 Å². The van der Waals surface area contributed by atoms with Gasteiger partial charge >= 0.3 is 45.1 Å². The van der Waals surface area contributed by atoms with Crippen LogP contribution in [0.2, 0.25) is 0 Å². The quantitative estimate of drug-likeness (QED) is 0.0645. The summed E-state index contributed by atoms with van der Waals surface area (Å²) in [5.41, 5.74) is 0. The molecule has 0 heterocycles. The van der Waals surface area contributed by atoms with E-state index in [0.29, 0.717) is 17.7 Å². The Morgan fingerprint density at radius 1 is 0.919 bits per heavy atom. The van der Waals surface area contributed by atoms with E-state index < -0.39 is 76.8 Å². The Labute approximate surface area is 208 Å². The third-order valence-electron chi connectivity index (χ3n) is 4.90. The van der Waals surface area contributed by atoms with Crippen molar-refractivity contribution >= 4 is 22.0 Å². The first-order chi connectivity index (χ1) is 16.7. The summed E-state index contributed by atoms with van der Waals surface area (Å²) in [6.45, 7) is 4.07. The molecule has 0 aliphatic heterocycles. The molecule has 0 bridgehead atoms. The lowest BCUT2D eigenvalue weighted by molar-refractivity contribution is -0.351. The number of unbranched alkanes of at least 4 members (excludes halogenated alkanes) is 3. The molecule has 0 aromatic carbocycles. The highest BCUT2D eigenvalue weighted by atomic mass is 32.2. The van der Waals surface area contributed by atoms with Crippen LogP contribution in [0.5, 0.6) is 0 Å². The smallest absolute Gasteiger partial charge is 0.410 e. The fourth-order valence-electron chi connectivity index (χ4n) is 2.80. The summed E-state index contributed by atoms with van der Waals surface area (Å²) in [5.74, 6) is -16.0. The zero-order valence-electron chi connectivity index (χ0n) is 20.1. The molecule has 0 saturated heterocycles. The van der Waals surface area contributed by atoms with Crippen molar-refractivity contribution in [3.8, 4) is 0 Å². The van der Waals surface area contributed by atoms with E-state index in [1.54, 1.807) is 13.8 Å². The van der Waals surface area contributed by atoms with Crippen molar-refractivity contribution in [2.75, 3.05) is 19.7 Å². The minimum Gasteiger partial charge on any atom is -0.410 e.